The second-order valence-electron chi connectivity index (χ2n) is 9.00. The quantitative estimate of drug-likeness (QED) is 0.194. The molecule has 0 aromatic heterocycles. The van der Waals surface area contributed by atoms with Crippen molar-refractivity contribution < 1.29 is 0 Å². The van der Waals surface area contributed by atoms with Gasteiger partial charge >= 0.3 is 0 Å². The molecule has 0 unspecified atom stereocenters. The van der Waals surface area contributed by atoms with Crippen molar-refractivity contribution >= 4 is 23.6 Å². The summed E-state index contributed by atoms with van der Waals surface area (Å²) in [6.07, 6.45) is 1.03. The molecule has 0 heterocycles. The number of hydrogen-bond acceptors (Lipinski definition) is 0. The first kappa shape index (κ1) is 22.1. The lowest BCUT2D eigenvalue weighted by Crippen LogP contribution is -2.67. The molecule has 5 rings (SSSR count). The van der Waals surface area contributed by atoms with E-state index in [9.17, 15) is 0 Å². The highest BCUT2D eigenvalue weighted by Crippen LogP contribution is 2.30. The molecule has 1 atom stereocenters. The molecule has 0 nitrogen and oxygen atoms in total. The molecule has 166 valence electrons. The van der Waals surface area contributed by atoms with Crippen molar-refractivity contribution in [2.24, 2.45) is 0 Å². The molecule has 0 spiro atoms. The van der Waals surface area contributed by atoms with Crippen molar-refractivity contribution in [3.63, 3.8) is 0 Å². The van der Waals surface area contributed by atoms with Gasteiger partial charge in [0.15, 0.2) is 0 Å². The maximum Gasteiger partial charge on any atom is 0.148 e. The Morgan fingerprint density at radius 1 is 0.412 bits per heavy atom. The van der Waals surface area contributed by atoms with Gasteiger partial charge in [-0.3, -0.25) is 0 Å². The molecule has 0 aliphatic heterocycles. The fourth-order valence-corrected chi connectivity index (χ4v) is 10.4. The Labute approximate surface area is 204 Å². The van der Waals surface area contributed by atoms with Gasteiger partial charge in [0.2, 0.25) is 0 Å². The molecule has 1 heteroatoms. The van der Waals surface area contributed by atoms with Crippen LogP contribution in [0.15, 0.2) is 152 Å². The third-order valence-electron chi connectivity index (χ3n) is 6.95. The molecule has 34 heavy (non-hydrogen) atoms. The first-order valence-electron chi connectivity index (χ1n) is 12.1. The van der Waals surface area contributed by atoms with E-state index in [1.807, 2.05) is 0 Å². The zero-order chi connectivity index (χ0) is 23.1. The van der Waals surface area contributed by atoms with E-state index in [1.54, 1.807) is 0 Å². The Bertz CT molecular complexity index is 1170. The molecular weight excluding hydrogens is 424 g/mol. The van der Waals surface area contributed by atoms with Crippen LogP contribution in [0, 0.1) is 0 Å². The van der Waals surface area contributed by atoms with Crippen molar-refractivity contribution in [1.29, 1.82) is 0 Å². The third kappa shape index (κ3) is 4.66. The molecule has 0 amide bonds. The van der Waals surface area contributed by atoms with Gasteiger partial charge in [-0.2, -0.15) is 0 Å². The van der Waals surface area contributed by atoms with E-state index in [-0.39, 0.29) is 0 Å². The Morgan fingerprint density at radius 3 is 1.18 bits per heavy atom. The number of hydrogen-bond donors (Lipinski definition) is 0. The molecule has 0 saturated heterocycles. The largest absolute Gasteiger partial charge is 0.148 e. The predicted octanol–water partition coefficient (Wildman–Crippen LogP) is 6.18. The van der Waals surface area contributed by atoms with E-state index in [0.29, 0.717) is 5.92 Å². The van der Waals surface area contributed by atoms with Crippen LogP contribution in [0.2, 0.25) is 6.04 Å². The highest BCUT2D eigenvalue weighted by atomic mass is 28.3. The van der Waals surface area contributed by atoms with Gasteiger partial charge in [0.1, 0.15) is 8.07 Å². The van der Waals surface area contributed by atoms with Crippen LogP contribution >= 0.6 is 0 Å². The van der Waals surface area contributed by atoms with Gasteiger partial charge in [-0.05, 0) is 45.1 Å². The molecule has 0 radical (unpaired) electrons. The maximum atomic E-state index is 2.36. The summed E-state index contributed by atoms with van der Waals surface area (Å²) in [7, 11) is -2.32. The first-order chi connectivity index (χ1) is 16.9. The fourth-order valence-electron chi connectivity index (χ4n) is 5.32. The Morgan fingerprint density at radius 2 is 0.765 bits per heavy atom. The molecule has 0 aliphatic carbocycles. The lowest BCUT2D eigenvalue weighted by Gasteiger charge is -2.37. The molecule has 5 aromatic carbocycles. The summed E-state index contributed by atoms with van der Waals surface area (Å²) >= 11 is 0. The first-order valence-corrected chi connectivity index (χ1v) is 14.3. The molecule has 0 N–H and O–H groups in total. The zero-order valence-corrected chi connectivity index (χ0v) is 20.4. The topological polar surface area (TPSA) is 0 Å². The second-order valence-corrected chi connectivity index (χ2v) is 13.0. The Hall–Kier alpha value is -3.68. The SMILES string of the molecule is c1ccc(C[C@@H](C[Si](c2ccccc2)(c2ccccc2)c2ccccc2)c2ccccc2)cc1. The minimum Gasteiger partial charge on any atom is -0.0624 e. The van der Waals surface area contributed by atoms with Crippen LogP contribution in [0.3, 0.4) is 0 Å². The normalized spacial score (nSPS) is 12.2. The van der Waals surface area contributed by atoms with Gasteiger partial charge in [0.25, 0.3) is 0 Å². The Kier molecular flexibility index (Phi) is 6.83. The summed E-state index contributed by atoms with van der Waals surface area (Å²) in [4.78, 5) is 0. The van der Waals surface area contributed by atoms with Crippen molar-refractivity contribution in [3.8, 4) is 0 Å². The van der Waals surface area contributed by atoms with Crippen LogP contribution in [0.5, 0.6) is 0 Å². The standard InChI is InChI=1S/C33H30Si/c1-6-16-28(17-7-1)26-30(29-18-8-2-9-19-29)27-34(31-20-10-3-11-21-31,32-22-12-4-13-23-32)33-24-14-5-15-25-33/h1-25,30H,26-27H2/t30-/m0/s1. The van der Waals surface area contributed by atoms with E-state index in [4.69, 9.17) is 0 Å². The fraction of sp³-hybridized carbons (Fsp3) is 0.0909. The van der Waals surface area contributed by atoms with Crippen LogP contribution < -0.4 is 15.6 Å². The lowest BCUT2D eigenvalue weighted by molar-refractivity contribution is 0.750. The van der Waals surface area contributed by atoms with Crippen LogP contribution in [0.4, 0.5) is 0 Å². The summed E-state index contributed by atoms with van der Waals surface area (Å²) in [5.74, 6) is 0.413. The molecule has 0 fully saturated rings. The molecule has 0 saturated carbocycles. The molecule has 0 aliphatic rings. The summed E-state index contributed by atoms with van der Waals surface area (Å²) in [6.45, 7) is 0. The van der Waals surface area contributed by atoms with Gasteiger partial charge in [0, 0.05) is 0 Å². The predicted molar refractivity (Wildman–Crippen MR) is 148 cm³/mol. The van der Waals surface area contributed by atoms with Gasteiger partial charge in [-0.15, -0.1) is 0 Å². The molecular formula is C33H30Si. The highest BCUT2D eigenvalue weighted by molar-refractivity contribution is 7.11. The van der Waals surface area contributed by atoms with Crippen molar-refractivity contribution in [2.45, 2.75) is 18.4 Å². The Balaban J connectivity index is 1.72. The molecule has 5 aromatic rings. The average molecular weight is 455 g/mol. The van der Waals surface area contributed by atoms with Gasteiger partial charge in [-0.1, -0.05) is 152 Å². The third-order valence-corrected chi connectivity index (χ3v) is 12.0. The smallest absolute Gasteiger partial charge is 0.0624 e. The van der Waals surface area contributed by atoms with Gasteiger partial charge in [0.05, 0.1) is 0 Å². The number of benzene rings is 5. The van der Waals surface area contributed by atoms with E-state index < -0.39 is 8.07 Å². The minimum absolute atomic E-state index is 0.413. The highest BCUT2D eigenvalue weighted by Gasteiger charge is 2.41. The summed E-state index contributed by atoms with van der Waals surface area (Å²) in [5.41, 5.74) is 2.82. The van der Waals surface area contributed by atoms with Gasteiger partial charge in [-0.25, -0.2) is 0 Å². The van der Waals surface area contributed by atoms with E-state index in [1.165, 1.54) is 26.7 Å². The zero-order valence-electron chi connectivity index (χ0n) is 19.4. The van der Waals surface area contributed by atoms with E-state index in [2.05, 4.69) is 152 Å². The number of rotatable bonds is 8. The van der Waals surface area contributed by atoms with Crippen LogP contribution in [-0.4, -0.2) is 8.07 Å². The minimum atomic E-state index is -2.32. The average Bonchev–Trinajstić information content (AvgIpc) is 2.93. The summed E-state index contributed by atoms with van der Waals surface area (Å²) in [5, 5.41) is 4.42. The van der Waals surface area contributed by atoms with Crippen LogP contribution in [0.25, 0.3) is 0 Å². The second kappa shape index (κ2) is 10.5. The van der Waals surface area contributed by atoms with E-state index >= 15 is 0 Å². The molecule has 0 bridgehead atoms. The van der Waals surface area contributed by atoms with Crippen LogP contribution in [0.1, 0.15) is 17.0 Å². The van der Waals surface area contributed by atoms with Crippen LogP contribution in [-0.2, 0) is 6.42 Å². The summed E-state index contributed by atoms with van der Waals surface area (Å²) in [6, 6.07) is 57.0. The van der Waals surface area contributed by atoms with Gasteiger partial charge < -0.3 is 0 Å². The monoisotopic (exact) mass is 454 g/mol. The van der Waals surface area contributed by atoms with E-state index in [0.717, 1.165) is 12.5 Å². The van der Waals surface area contributed by atoms with Crippen molar-refractivity contribution in [3.05, 3.63) is 163 Å². The lowest BCUT2D eigenvalue weighted by atomic mass is 9.93. The maximum absolute atomic E-state index is 2.36. The van der Waals surface area contributed by atoms with Crippen molar-refractivity contribution in [1.82, 2.24) is 0 Å². The summed E-state index contributed by atoms with van der Waals surface area (Å²) < 4.78 is 0. The van der Waals surface area contributed by atoms with Crippen molar-refractivity contribution in [2.75, 3.05) is 0 Å².